The molecule has 1 amide bonds. The number of rotatable bonds is 5. The summed E-state index contributed by atoms with van der Waals surface area (Å²) in [6.45, 7) is 0. The molecule has 3 nitrogen and oxygen atoms in total. The molecule has 2 aliphatic carbocycles. The van der Waals surface area contributed by atoms with Crippen molar-refractivity contribution in [3.63, 3.8) is 0 Å². The lowest BCUT2D eigenvalue weighted by atomic mass is 9.83. The zero-order valence-corrected chi connectivity index (χ0v) is 12.5. The summed E-state index contributed by atoms with van der Waals surface area (Å²) >= 11 is 5.16. The first-order chi connectivity index (χ1) is 9.16. The lowest BCUT2D eigenvalue weighted by Crippen LogP contribution is -2.49. The predicted octanol–water partition coefficient (Wildman–Crippen LogP) is 2.92. The van der Waals surface area contributed by atoms with E-state index in [0.29, 0.717) is 23.2 Å². The summed E-state index contributed by atoms with van der Waals surface area (Å²) < 4.78 is 0. The van der Waals surface area contributed by atoms with Crippen LogP contribution in [0.2, 0.25) is 0 Å². The standard InChI is InChI=1S/C15H26N2OS/c16-15(19)14(12-8-2-1-3-9-12)17-13(18)10-11-6-4-5-7-11/h11-12,14H,1-10H2,(H2,16,19)(H,17,18). The van der Waals surface area contributed by atoms with Gasteiger partial charge in [0.2, 0.25) is 5.91 Å². The zero-order valence-electron chi connectivity index (χ0n) is 11.7. The number of hydrogen-bond donors (Lipinski definition) is 2. The summed E-state index contributed by atoms with van der Waals surface area (Å²) in [5, 5.41) is 3.11. The Hall–Kier alpha value is -0.640. The van der Waals surface area contributed by atoms with Crippen LogP contribution in [0.4, 0.5) is 0 Å². The van der Waals surface area contributed by atoms with Crippen LogP contribution in [0.15, 0.2) is 0 Å². The average molecular weight is 282 g/mol. The van der Waals surface area contributed by atoms with E-state index >= 15 is 0 Å². The number of hydrogen-bond acceptors (Lipinski definition) is 2. The van der Waals surface area contributed by atoms with E-state index in [9.17, 15) is 4.79 Å². The second kappa shape index (κ2) is 7.22. The number of carbonyl (C=O) groups is 1. The number of nitrogens with one attached hydrogen (secondary N) is 1. The van der Waals surface area contributed by atoms with Crippen molar-refractivity contribution in [2.45, 2.75) is 70.3 Å². The summed E-state index contributed by atoms with van der Waals surface area (Å²) in [6, 6.07) is -0.0794. The molecule has 0 aromatic carbocycles. The smallest absolute Gasteiger partial charge is 0.220 e. The van der Waals surface area contributed by atoms with E-state index < -0.39 is 0 Å². The highest BCUT2D eigenvalue weighted by Crippen LogP contribution is 2.29. The molecule has 0 bridgehead atoms. The van der Waals surface area contributed by atoms with Crippen molar-refractivity contribution in [3.8, 4) is 0 Å². The SMILES string of the molecule is NC(=S)C(NC(=O)CC1CCCC1)C1CCCCC1. The normalized spacial score (nSPS) is 23.2. The first-order valence-corrected chi connectivity index (χ1v) is 8.16. The highest BCUT2D eigenvalue weighted by Gasteiger charge is 2.28. The number of carbonyl (C=O) groups excluding carboxylic acids is 1. The highest BCUT2D eigenvalue weighted by atomic mass is 32.1. The van der Waals surface area contributed by atoms with E-state index in [4.69, 9.17) is 18.0 Å². The molecule has 0 aromatic rings. The van der Waals surface area contributed by atoms with E-state index in [1.807, 2.05) is 0 Å². The third kappa shape index (κ3) is 4.44. The van der Waals surface area contributed by atoms with E-state index in [0.717, 1.165) is 12.8 Å². The summed E-state index contributed by atoms with van der Waals surface area (Å²) in [7, 11) is 0. The highest BCUT2D eigenvalue weighted by molar-refractivity contribution is 7.80. The Balaban J connectivity index is 1.84. The molecule has 1 unspecified atom stereocenters. The van der Waals surface area contributed by atoms with Crippen LogP contribution in [-0.4, -0.2) is 16.9 Å². The molecule has 0 spiro atoms. The third-order valence-electron chi connectivity index (χ3n) is 4.69. The lowest BCUT2D eigenvalue weighted by molar-refractivity contribution is -0.122. The largest absolute Gasteiger partial charge is 0.392 e. The Labute approximate surface area is 121 Å². The van der Waals surface area contributed by atoms with Crippen molar-refractivity contribution in [3.05, 3.63) is 0 Å². The Morgan fingerprint density at radius 2 is 1.68 bits per heavy atom. The van der Waals surface area contributed by atoms with Gasteiger partial charge in [-0.1, -0.05) is 44.3 Å². The first-order valence-electron chi connectivity index (χ1n) is 7.75. The van der Waals surface area contributed by atoms with E-state index in [-0.39, 0.29) is 11.9 Å². The Morgan fingerprint density at radius 3 is 2.26 bits per heavy atom. The van der Waals surface area contributed by atoms with Crippen LogP contribution < -0.4 is 11.1 Å². The van der Waals surface area contributed by atoms with Crippen LogP contribution >= 0.6 is 12.2 Å². The van der Waals surface area contributed by atoms with Gasteiger partial charge in [0.1, 0.15) is 0 Å². The maximum absolute atomic E-state index is 12.1. The quantitative estimate of drug-likeness (QED) is 0.762. The first kappa shape index (κ1) is 14.8. The third-order valence-corrected chi connectivity index (χ3v) is 4.95. The van der Waals surface area contributed by atoms with Gasteiger partial charge in [-0.05, 0) is 37.5 Å². The number of thiocarbonyl (C=S) groups is 1. The molecule has 0 saturated heterocycles. The van der Waals surface area contributed by atoms with Crippen molar-refractivity contribution in [1.29, 1.82) is 0 Å². The van der Waals surface area contributed by atoms with Gasteiger partial charge in [-0.3, -0.25) is 4.79 Å². The summed E-state index contributed by atoms with van der Waals surface area (Å²) in [5.74, 6) is 1.19. The molecule has 0 radical (unpaired) electrons. The van der Waals surface area contributed by atoms with Gasteiger partial charge in [0.05, 0.1) is 11.0 Å². The van der Waals surface area contributed by atoms with Crippen LogP contribution in [-0.2, 0) is 4.79 Å². The van der Waals surface area contributed by atoms with Crippen molar-refractivity contribution in [2.24, 2.45) is 17.6 Å². The minimum atomic E-state index is -0.0794. The van der Waals surface area contributed by atoms with Gasteiger partial charge >= 0.3 is 0 Å². The van der Waals surface area contributed by atoms with Gasteiger partial charge < -0.3 is 11.1 Å². The van der Waals surface area contributed by atoms with Gasteiger partial charge in [0, 0.05) is 6.42 Å². The zero-order chi connectivity index (χ0) is 13.7. The molecule has 3 N–H and O–H groups in total. The molecule has 0 aromatic heterocycles. The Bertz CT molecular complexity index is 320. The predicted molar refractivity (Wildman–Crippen MR) is 81.9 cm³/mol. The van der Waals surface area contributed by atoms with Gasteiger partial charge in [-0.25, -0.2) is 0 Å². The fraction of sp³-hybridized carbons (Fsp3) is 0.867. The molecule has 4 heteroatoms. The monoisotopic (exact) mass is 282 g/mol. The van der Waals surface area contributed by atoms with E-state index in [2.05, 4.69) is 5.32 Å². The van der Waals surface area contributed by atoms with Crippen LogP contribution in [0.1, 0.15) is 64.2 Å². The maximum atomic E-state index is 12.1. The second-order valence-corrected chi connectivity index (χ2v) is 6.67. The second-order valence-electron chi connectivity index (χ2n) is 6.20. The molecule has 108 valence electrons. The molecule has 2 rings (SSSR count). The molecule has 2 aliphatic rings. The van der Waals surface area contributed by atoms with Crippen molar-refractivity contribution < 1.29 is 4.79 Å². The van der Waals surface area contributed by atoms with Crippen LogP contribution in [0.3, 0.4) is 0 Å². The molecule has 0 aliphatic heterocycles. The number of nitrogens with two attached hydrogens (primary N) is 1. The minimum Gasteiger partial charge on any atom is -0.392 e. The van der Waals surface area contributed by atoms with E-state index in [1.54, 1.807) is 0 Å². The molecule has 2 saturated carbocycles. The average Bonchev–Trinajstić information content (AvgIpc) is 2.89. The van der Waals surface area contributed by atoms with Crippen molar-refractivity contribution in [1.82, 2.24) is 5.32 Å². The summed E-state index contributed by atoms with van der Waals surface area (Å²) in [4.78, 5) is 12.6. The topological polar surface area (TPSA) is 55.1 Å². The van der Waals surface area contributed by atoms with Crippen LogP contribution in [0, 0.1) is 11.8 Å². The molecule has 19 heavy (non-hydrogen) atoms. The molecule has 1 atom stereocenters. The summed E-state index contributed by atoms with van der Waals surface area (Å²) in [6.07, 6.45) is 11.7. The molecular formula is C15H26N2OS. The van der Waals surface area contributed by atoms with Gasteiger partial charge in [0.25, 0.3) is 0 Å². The fourth-order valence-electron chi connectivity index (χ4n) is 3.60. The molecule has 0 heterocycles. The van der Waals surface area contributed by atoms with Crippen molar-refractivity contribution in [2.75, 3.05) is 0 Å². The van der Waals surface area contributed by atoms with Gasteiger partial charge in [-0.2, -0.15) is 0 Å². The molecular weight excluding hydrogens is 256 g/mol. The lowest BCUT2D eigenvalue weighted by Gasteiger charge is -2.30. The molecule has 2 fully saturated rings. The Kier molecular flexibility index (Phi) is 5.61. The Morgan fingerprint density at radius 1 is 1.11 bits per heavy atom. The summed E-state index contributed by atoms with van der Waals surface area (Å²) in [5.41, 5.74) is 5.84. The van der Waals surface area contributed by atoms with Gasteiger partial charge in [-0.15, -0.1) is 0 Å². The van der Waals surface area contributed by atoms with Crippen LogP contribution in [0.5, 0.6) is 0 Å². The number of amides is 1. The van der Waals surface area contributed by atoms with Gasteiger partial charge in [0.15, 0.2) is 0 Å². The minimum absolute atomic E-state index is 0.0794. The maximum Gasteiger partial charge on any atom is 0.220 e. The fourth-order valence-corrected chi connectivity index (χ4v) is 3.85. The van der Waals surface area contributed by atoms with Crippen molar-refractivity contribution >= 4 is 23.1 Å². The van der Waals surface area contributed by atoms with E-state index in [1.165, 1.54) is 44.9 Å². The van der Waals surface area contributed by atoms with Crippen LogP contribution in [0.25, 0.3) is 0 Å².